The number of hydrogen-bond donors (Lipinski definition) is 2. The van der Waals surface area contributed by atoms with Crippen molar-refractivity contribution in [1.82, 2.24) is 5.32 Å². The smallest absolute Gasteiger partial charge is 0.246 e. The maximum Gasteiger partial charge on any atom is 0.246 e. The lowest BCUT2D eigenvalue weighted by Crippen LogP contribution is -2.44. The van der Waals surface area contributed by atoms with Crippen LogP contribution >= 0.6 is 0 Å². The van der Waals surface area contributed by atoms with Crippen molar-refractivity contribution in [2.75, 3.05) is 23.3 Å². The number of benzene rings is 2. The van der Waals surface area contributed by atoms with Gasteiger partial charge in [-0.15, -0.1) is 0 Å². The van der Waals surface area contributed by atoms with Gasteiger partial charge in [-0.3, -0.25) is 9.59 Å². The van der Waals surface area contributed by atoms with Gasteiger partial charge < -0.3 is 15.5 Å². The minimum atomic E-state index is -0.538. The Hall–Kier alpha value is -2.82. The van der Waals surface area contributed by atoms with Gasteiger partial charge in [0.05, 0.1) is 6.42 Å². The molecule has 1 unspecified atom stereocenters. The zero-order valence-electron chi connectivity index (χ0n) is 17.1. The Morgan fingerprint density at radius 3 is 2.14 bits per heavy atom. The van der Waals surface area contributed by atoms with E-state index in [4.69, 9.17) is 0 Å². The van der Waals surface area contributed by atoms with Gasteiger partial charge in [0, 0.05) is 24.5 Å². The van der Waals surface area contributed by atoms with Crippen molar-refractivity contribution in [3.8, 4) is 0 Å². The molecule has 0 saturated heterocycles. The lowest BCUT2D eigenvalue weighted by atomic mass is 10.1. The van der Waals surface area contributed by atoms with E-state index in [9.17, 15) is 9.59 Å². The highest BCUT2D eigenvalue weighted by molar-refractivity contribution is 5.97. The van der Waals surface area contributed by atoms with Gasteiger partial charge in [-0.2, -0.15) is 0 Å². The highest BCUT2D eigenvalue weighted by Crippen LogP contribution is 2.18. The van der Waals surface area contributed by atoms with E-state index in [1.165, 1.54) is 0 Å². The molecule has 0 aromatic heterocycles. The van der Waals surface area contributed by atoms with Crippen LogP contribution in [0.2, 0.25) is 0 Å². The van der Waals surface area contributed by atoms with Crippen LogP contribution in [0.4, 0.5) is 11.4 Å². The highest BCUT2D eigenvalue weighted by Gasteiger charge is 2.20. The summed E-state index contributed by atoms with van der Waals surface area (Å²) in [5, 5.41) is 5.80. The Labute approximate surface area is 168 Å². The molecule has 0 aliphatic heterocycles. The summed E-state index contributed by atoms with van der Waals surface area (Å²) in [7, 11) is 0. The summed E-state index contributed by atoms with van der Waals surface area (Å²) < 4.78 is 0. The molecule has 0 aliphatic rings. The number of nitrogens with one attached hydrogen (secondary N) is 2. The van der Waals surface area contributed by atoms with Crippen LogP contribution in [0.15, 0.2) is 54.6 Å². The molecule has 0 aliphatic carbocycles. The summed E-state index contributed by atoms with van der Waals surface area (Å²) in [5.74, 6) is -0.324. The van der Waals surface area contributed by atoms with Gasteiger partial charge in [0.2, 0.25) is 11.8 Å². The average molecular weight is 382 g/mol. The third-order valence-electron chi connectivity index (χ3n) is 4.70. The summed E-state index contributed by atoms with van der Waals surface area (Å²) in [4.78, 5) is 27.3. The van der Waals surface area contributed by atoms with Crippen LogP contribution < -0.4 is 15.5 Å². The van der Waals surface area contributed by atoms with Crippen LogP contribution in [0.25, 0.3) is 0 Å². The van der Waals surface area contributed by atoms with Crippen molar-refractivity contribution >= 4 is 23.2 Å². The number of anilines is 2. The van der Waals surface area contributed by atoms with Gasteiger partial charge in [-0.25, -0.2) is 0 Å². The summed E-state index contributed by atoms with van der Waals surface area (Å²) in [5.41, 5.74) is 2.80. The molecule has 2 amide bonds. The minimum absolute atomic E-state index is 0.142. The molecule has 150 valence electrons. The van der Waals surface area contributed by atoms with Gasteiger partial charge >= 0.3 is 0 Å². The second-order valence-electron chi connectivity index (χ2n) is 6.78. The maximum absolute atomic E-state index is 12.7. The Morgan fingerprint density at radius 2 is 1.57 bits per heavy atom. The fourth-order valence-corrected chi connectivity index (χ4v) is 3.16. The van der Waals surface area contributed by atoms with Crippen molar-refractivity contribution in [3.63, 3.8) is 0 Å². The summed E-state index contributed by atoms with van der Waals surface area (Å²) in [6.45, 7) is 8.12. The molecule has 2 aromatic rings. The molecule has 0 fully saturated rings. The topological polar surface area (TPSA) is 61.4 Å². The van der Waals surface area contributed by atoms with E-state index in [-0.39, 0.29) is 18.2 Å². The average Bonchev–Trinajstić information content (AvgIpc) is 2.70. The molecular formula is C23H31N3O2. The Kier molecular flexibility index (Phi) is 8.53. The number of hydrogen-bond acceptors (Lipinski definition) is 3. The molecular weight excluding hydrogens is 350 g/mol. The van der Waals surface area contributed by atoms with Crippen LogP contribution in [-0.4, -0.2) is 30.9 Å². The molecule has 0 saturated carbocycles. The van der Waals surface area contributed by atoms with E-state index < -0.39 is 6.04 Å². The molecule has 1 atom stereocenters. The first-order valence-electron chi connectivity index (χ1n) is 10.1. The number of nitrogens with zero attached hydrogens (tertiary/aromatic N) is 1. The van der Waals surface area contributed by atoms with Gasteiger partial charge in [-0.05, 0) is 50.1 Å². The largest absolute Gasteiger partial charge is 0.372 e. The molecule has 0 heterocycles. The second kappa shape index (κ2) is 11.1. The Balaban J connectivity index is 1.97. The predicted octanol–water partition coefficient (Wildman–Crippen LogP) is 4.00. The first-order valence-corrected chi connectivity index (χ1v) is 10.1. The third kappa shape index (κ3) is 6.41. The molecule has 5 heteroatoms. The highest BCUT2D eigenvalue weighted by atomic mass is 16.2. The van der Waals surface area contributed by atoms with Crippen molar-refractivity contribution in [2.24, 2.45) is 0 Å². The predicted molar refractivity (Wildman–Crippen MR) is 116 cm³/mol. The van der Waals surface area contributed by atoms with Crippen LogP contribution in [0.1, 0.15) is 39.2 Å². The lowest BCUT2D eigenvalue weighted by molar-refractivity contribution is -0.126. The van der Waals surface area contributed by atoms with E-state index in [1.54, 1.807) is 0 Å². The van der Waals surface area contributed by atoms with Crippen molar-refractivity contribution in [3.05, 3.63) is 60.2 Å². The molecule has 2 aromatic carbocycles. The number of carbonyl (C=O) groups is 2. The second-order valence-corrected chi connectivity index (χ2v) is 6.78. The quantitative estimate of drug-likeness (QED) is 0.654. The van der Waals surface area contributed by atoms with Gasteiger partial charge in [0.25, 0.3) is 0 Å². The van der Waals surface area contributed by atoms with Crippen LogP contribution in [0.5, 0.6) is 0 Å². The first-order chi connectivity index (χ1) is 13.6. The zero-order valence-corrected chi connectivity index (χ0v) is 17.1. The monoisotopic (exact) mass is 381 g/mol. The van der Waals surface area contributed by atoms with Crippen LogP contribution in [0.3, 0.4) is 0 Å². The Morgan fingerprint density at radius 1 is 0.929 bits per heavy atom. The normalized spacial score (nSPS) is 11.5. The third-order valence-corrected chi connectivity index (χ3v) is 4.70. The Bertz CT molecular complexity index is 740. The van der Waals surface area contributed by atoms with Gasteiger partial charge in [-0.1, -0.05) is 43.7 Å². The first kappa shape index (κ1) is 21.5. The van der Waals surface area contributed by atoms with Crippen molar-refractivity contribution in [2.45, 2.75) is 46.1 Å². The SMILES string of the molecule is CCCC(NC(=O)Cc1ccccc1)C(=O)Nc1ccc(N(CC)CC)cc1. The molecule has 5 nitrogen and oxygen atoms in total. The van der Waals surface area contributed by atoms with E-state index in [1.807, 2.05) is 61.5 Å². The van der Waals surface area contributed by atoms with Crippen molar-refractivity contribution < 1.29 is 9.59 Å². The van der Waals surface area contributed by atoms with Crippen molar-refractivity contribution in [1.29, 1.82) is 0 Å². The molecule has 0 bridgehead atoms. The molecule has 0 radical (unpaired) electrons. The fraction of sp³-hybridized carbons (Fsp3) is 0.391. The van der Waals surface area contributed by atoms with Gasteiger partial charge in [0.15, 0.2) is 0 Å². The van der Waals surface area contributed by atoms with E-state index >= 15 is 0 Å². The standard InChI is InChI=1S/C23H31N3O2/c1-4-10-21(25-22(27)17-18-11-8-7-9-12-18)23(28)24-19-13-15-20(16-14-19)26(5-2)6-3/h7-9,11-16,21H,4-6,10,17H2,1-3H3,(H,24,28)(H,25,27). The van der Waals surface area contributed by atoms with Crippen LogP contribution in [-0.2, 0) is 16.0 Å². The van der Waals surface area contributed by atoms with Gasteiger partial charge in [0.1, 0.15) is 6.04 Å². The molecule has 2 rings (SSSR count). The number of rotatable bonds is 10. The lowest BCUT2D eigenvalue weighted by Gasteiger charge is -2.21. The molecule has 0 spiro atoms. The minimum Gasteiger partial charge on any atom is -0.372 e. The molecule has 2 N–H and O–H groups in total. The molecule has 28 heavy (non-hydrogen) atoms. The van der Waals surface area contributed by atoms with E-state index in [0.29, 0.717) is 6.42 Å². The maximum atomic E-state index is 12.7. The zero-order chi connectivity index (χ0) is 20.4. The van der Waals surface area contributed by atoms with E-state index in [2.05, 4.69) is 29.4 Å². The summed E-state index contributed by atoms with van der Waals surface area (Å²) >= 11 is 0. The van der Waals surface area contributed by atoms with E-state index in [0.717, 1.165) is 36.4 Å². The summed E-state index contributed by atoms with van der Waals surface area (Å²) in [6.07, 6.45) is 1.68. The van der Waals surface area contributed by atoms with Crippen LogP contribution in [0, 0.1) is 0 Å². The number of amides is 2. The summed E-state index contributed by atoms with van der Waals surface area (Å²) in [6, 6.07) is 16.8. The fourth-order valence-electron chi connectivity index (χ4n) is 3.16. The number of carbonyl (C=O) groups excluding carboxylic acids is 2.